The first-order valence-electron chi connectivity index (χ1n) is 6.79. The van der Waals surface area contributed by atoms with Gasteiger partial charge in [-0.2, -0.15) is 4.31 Å². The Morgan fingerprint density at radius 2 is 2.00 bits per heavy atom. The molecular formula is C15H17N3O2S. The van der Waals surface area contributed by atoms with Crippen molar-refractivity contribution in [2.75, 3.05) is 18.9 Å². The van der Waals surface area contributed by atoms with E-state index in [0.29, 0.717) is 11.4 Å². The molecule has 0 atom stereocenters. The third-order valence-electron chi connectivity index (χ3n) is 3.65. The molecule has 0 fully saturated rings. The average Bonchev–Trinajstić information content (AvgIpc) is 2.95. The van der Waals surface area contributed by atoms with Crippen LogP contribution < -0.4 is 5.32 Å². The van der Waals surface area contributed by atoms with Crippen molar-refractivity contribution in [3.63, 3.8) is 0 Å². The third-order valence-corrected chi connectivity index (χ3v) is 5.45. The fourth-order valence-corrected chi connectivity index (χ4v) is 3.66. The van der Waals surface area contributed by atoms with Gasteiger partial charge in [-0.3, -0.25) is 4.98 Å². The average molecular weight is 303 g/mol. The minimum atomic E-state index is -3.47. The largest absolute Gasteiger partial charge is 0.384 e. The second-order valence-electron chi connectivity index (χ2n) is 5.11. The summed E-state index contributed by atoms with van der Waals surface area (Å²) in [5.41, 5.74) is 3.01. The summed E-state index contributed by atoms with van der Waals surface area (Å²) >= 11 is 0. The molecule has 2 aromatic rings. The molecule has 1 aromatic heterocycles. The van der Waals surface area contributed by atoms with Gasteiger partial charge in [0.15, 0.2) is 0 Å². The van der Waals surface area contributed by atoms with Crippen LogP contribution in [0.15, 0.2) is 47.6 Å². The lowest BCUT2D eigenvalue weighted by Gasteiger charge is -2.17. The predicted molar refractivity (Wildman–Crippen MR) is 81.5 cm³/mol. The molecule has 1 aromatic carbocycles. The minimum Gasteiger partial charge on any atom is -0.384 e. The van der Waals surface area contributed by atoms with Crippen LogP contribution >= 0.6 is 0 Å². The van der Waals surface area contributed by atoms with E-state index in [2.05, 4.69) is 10.3 Å². The standard InChI is InChI=1S/C15H17N3O2S/c1-18(11-12-4-7-16-8-5-12)21(19,20)14-2-3-15-13(10-14)6-9-17-15/h2-5,7-8,10,17H,6,9,11H2,1H3. The lowest BCUT2D eigenvalue weighted by atomic mass is 10.2. The monoisotopic (exact) mass is 303 g/mol. The summed E-state index contributed by atoms with van der Waals surface area (Å²) in [5, 5.41) is 3.23. The van der Waals surface area contributed by atoms with Crippen LogP contribution in [0.5, 0.6) is 0 Å². The quantitative estimate of drug-likeness (QED) is 0.936. The number of pyridine rings is 1. The Labute approximate surface area is 124 Å². The van der Waals surface area contributed by atoms with Gasteiger partial charge in [0.05, 0.1) is 4.90 Å². The minimum absolute atomic E-state index is 0.334. The first kappa shape index (κ1) is 14.0. The molecule has 2 heterocycles. The summed E-state index contributed by atoms with van der Waals surface area (Å²) in [7, 11) is -1.88. The van der Waals surface area contributed by atoms with E-state index in [-0.39, 0.29) is 0 Å². The molecule has 1 aliphatic rings. The fourth-order valence-electron chi connectivity index (χ4n) is 2.45. The van der Waals surface area contributed by atoms with Crippen LogP contribution in [0.2, 0.25) is 0 Å². The number of sulfonamides is 1. The number of nitrogens with one attached hydrogen (secondary N) is 1. The normalized spacial score (nSPS) is 14.0. The highest BCUT2D eigenvalue weighted by molar-refractivity contribution is 7.89. The Hall–Kier alpha value is -1.92. The maximum absolute atomic E-state index is 12.6. The molecule has 1 aliphatic heterocycles. The molecule has 0 saturated carbocycles. The van der Waals surface area contributed by atoms with E-state index in [9.17, 15) is 8.42 Å². The van der Waals surface area contributed by atoms with Gasteiger partial charge in [0.2, 0.25) is 10.0 Å². The Kier molecular flexibility index (Phi) is 3.65. The Morgan fingerprint density at radius 3 is 2.76 bits per heavy atom. The van der Waals surface area contributed by atoms with Crippen molar-refractivity contribution in [2.24, 2.45) is 0 Å². The second kappa shape index (κ2) is 5.46. The van der Waals surface area contributed by atoms with E-state index in [1.165, 1.54) is 4.31 Å². The van der Waals surface area contributed by atoms with Gasteiger partial charge in [0, 0.05) is 38.2 Å². The van der Waals surface area contributed by atoms with E-state index < -0.39 is 10.0 Å². The number of rotatable bonds is 4. The lowest BCUT2D eigenvalue weighted by molar-refractivity contribution is 0.466. The number of hydrogen-bond acceptors (Lipinski definition) is 4. The number of fused-ring (bicyclic) bond motifs is 1. The summed E-state index contributed by atoms with van der Waals surface area (Å²) < 4.78 is 26.6. The van der Waals surface area contributed by atoms with Gasteiger partial charge in [-0.1, -0.05) is 0 Å². The van der Waals surface area contributed by atoms with Gasteiger partial charge in [0.1, 0.15) is 0 Å². The van der Waals surface area contributed by atoms with Crippen molar-refractivity contribution < 1.29 is 8.42 Å². The van der Waals surface area contributed by atoms with Crippen LogP contribution in [0, 0.1) is 0 Å². The van der Waals surface area contributed by atoms with Gasteiger partial charge in [-0.25, -0.2) is 8.42 Å². The van der Waals surface area contributed by atoms with Crippen LogP contribution in [0.1, 0.15) is 11.1 Å². The number of hydrogen-bond donors (Lipinski definition) is 1. The smallest absolute Gasteiger partial charge is 0.243 e. The highest BCUT2D eigenvalue weighted by atomic mass is 32.2. The van der Waals surface area contributed by atoms with Crippen molar-refractivity contribution >= 4 is 15.7 Å². The third kappa shape index (κ3) is 2.77. The molecular weight excluding hydrogens is 286 g/mol. The second-order valence-corrected chi connectivity index (χ2v) is 7.16. The fraction of sp³-hybridized carbons (Fsp3) is 0.267. The van der Waals surface area contributed by atoms with Crippen LogP contribution in [0.3, 0.4) is 0 Å². The van der Waals surface area contributed by atoms with E-state index in [1.807, 2.05) is 18.2 Å². The lowest BCUT2D eigenvalue weighted by Crippen LogP contribution is -2.26. The zero-order valence-corrected chi connectivity index (χ0v) is 12.6. The predicted octanol–water partition coefficient (Wildman–Crippen LogP) is 1.87. The van der Waals surface area contributed by atoms with Crippen LogP contribution in [-0.2, 0) is 23.0 Å². The number of benzene rings is 1. The molecule has 3 rings (SSSR count). The van der Waals surface area contributed by atoms with Crippen molar-refractivity contribution in [3.05, 3.63) is 53.9 Å². The first-order valence-corrected chi connectivity index (χ1v) is 8.23. The number of nitrogens with zero attached hydrogens (tertiary/aromatic N) is 2. The molecule has 0 spiro atoms. The zero-order chi connectivity index (χ0) is 14.9. The SMILES string of the molecule is CN(Cc1ccncc1)S(=O)(=O)c1ccc2c(c1)CCN2. The summed E-state index contributed by atoms with van der Waals surface area (Å²) in [4.78, 5) is 4.29. The highest BCUT2D eigenvalue weighted by Gasteiger charge is 2.23. The Morgan fingerprint density at radius 1 is 1.24 bits per heavy atom. The number of anilines is 1. The summed E-state index contributed by atoms with van der Waals surface area (Å²) in [6.45, 7) is 1.20. The molecule has 0 amide bonds. The van der Waals surface area contributed by atoms with Crippen molar-refractivity contribution in [1.82, 2.24) is 9.29 Å². The van der Waals surface area contributed by atoms with Crippen molar-refractivity contribution in [1.29, 1.82) is 0 Å². The maximum atomic E-state index is 12.6. The van der Waals surface area contributed by atoms with E-state index in [1.54, 1.807) is 31.6 Å². The van der Waals surface area contributed by atoms with Gasteiger partial charge < -0.3 is 5.32 Å². The van der Waals surface area contributed by atoms with Crippen LogP contribution in [-0.4, -0.2) is 31.3 Å². The van der Waals surface area contributed by atoms with Gasteiger partial charge in [-0.15, -0.1) is 0 Å². The summed E-state index contributed by atoms with van der Waals surface area (Å²) in [6.07, 6.45) is 4.19. The first-order chi connectivity index (χ1) is 10.1. The van der Waals surface area contributed by atoms with E-state index in [0.717, 1.165) is 29.8 Å². The molecule has 5 nitrogen and oxygen atoms in total. The molecule has 0 radical (unpaired) electrons. The molecule has 0 unspecified atom stereocenters. The topological polar surface area (TPSA) is 62.3 Å². The molecule has 0 aliphatic carbocycles. The molecule has 110 valence electrons. The highest BCUT2D eigenvalue weighted by Crippen LogP contribution is 2.26. The van der Waals surface area contributed by atoms with Gasteiger partial charge in [0.25, 0.3) is 0 Å². The van der Waals surface area contributed by atoms with Gasteiger partial charge in [-0.05, 0) is 47.9 Å². The Balaban J connectivity index is 1.86. The van der Waals surface area contributed by atoms with Crippen molar-refractivity contribution in [3.8, 4) is 0 Å². The van der Waals surface area contributed by atoms with E-state index >= 15 is 0 Å². The maximum Gasteiger partial charge on any atom is 0.243 e. The molecule has 1 N–H and O–H groups in total. The van der Waals surface area contributed by atoms with Crippen molar-refractivity contribution in [2.45, 2.75) is 17.9 Å². The summed E-state index contributed by atoms with van der Waals surface area (Å²) in [5.74, 6) is 0. The molecule has 0 saturated heterocycles. The molecule has 21 heavy (non-hydrogen) atoms. The zero-order valence-electron chi connectivity index (χ0n) is 11.8. The van der Waals surface area contributed by atoms with Crippen LogP contribution in [0.4, 0.5) is 5.69 Å². The molecule has 6 heteroatoms. The Bertz CT molecular complexity index is 745. The summed E-state index contributed by atoms with van der Waals surface area (Å²) in [6, 6.07) is 8.91. The van der Waals surface area contributed by atoms with Crippen LogP contribution in [0.25, 0.3) is 0 Å². The number of aromatic nitrogens is 1. The van der Waals surface area contributed by atoms with E-state index in [4.69, 9.17) is 0 Å². The van der Waals surface area contributed by atoms with Gasteiger partial charge >= 0.3 is 0 Å². The molecule has 0 bridgehead atoms.